The van der Waals surface area contributed by atoms with Gasteiger partial charge in [0.05, 0.1) is 13.2 Å². The molecule has 6 nitrogen and oxygen atoms in total. The van der Waals surface area contributed by atoms with Crippen molar-refractivity contribution in [3.8, 4) is 0 Å². The van der Waals surface area contributed by atoms with Crippen LogP contribution in [-0.4, -0.2) is 30.6 Å². The van der Waals surface area contributed by atoms with Crippen molar-refractivity contribution in [2.24, 2.45) is 0 Å². The van der Waals surface area contributed by atoms with Crippen LogP contribution in [0.15, 0.2) is 0 Å². The molecule has 0 aromatic heterocycles. The van der Waals surface area contributed by atoms with E-state index in [9.17, 15) is 9.36 Å². The summed E-state index contributed by atoms with van der Waals surface area (Å²) in [7, 11) is -3.96. The van der Waals surface area contributed by atoms with E-state index in [2.05, 4.69) is 9.84 Å². The Kier molecular flexibility index (Phi) is 8.26. The van der Waals surface area contributed by atoms with Crippen LogP contribution in [0.3, 0.4) is 0 Å². The molecule has 1 unspecified atom stereocenters. The van der Waals surface area contributed by atoms with E-state index < -0.39 is 7.82 Å². The molecule has 0 aliphatic carbocycles. The molecule has 0 heterocycles. The molecule has 2 N–H and O–H groups in total. The summed E-state index contributed by atoms with van der Waals surface area (Å²) in [6, 6.07) is 0. The molecule has 1 atom stereocenters. The number of hydrogen-bond acceptors (Lipinski definition) is 4. The minimum Gasteiger partial charge on any atom is -0.356 e. The maximum absolute atomic E-state index is 11.2. The molecule has 1 amide bonds. The molecule has 0 aliphatic rings. The van der Waals surface area contributed by atoms with E-state index in [1.54, 1.807) is 0 Å². The lowest BCUT2D eigenvalue weighted by molar-refractivity contribution is -0.118. The van der Waals surface area contributed by atoms with Crippen molar-refractivity contribution in [3.05, 3.63) is 0 Å². The maximum Gasteiger partial charge on any atom is 0.472 e. The van der Waals surface area contributed by atoms with Gasteiger partial charge < -0.3 is 10.2 Å². The highest BCUT2D eigenvalue weighted by molar-refractivity contribution is 7.47. The molecule has 0 aliphatic heterocycles. The molecule has 17 heavy (non-hydrogen) atoms. The summed E-state index contributed by atoms with van der Waals surface area (Å²) >= 11 is 0. The summed E-state index contributed by atoms with van der Waals surface area (Å²) < 4.78 is 27.2. The highest BCUT2D eigenvalue weighted by atomic mass is 31.2. The molecule has 0 aromatic rings. The van der Waals surface area contributed by atoms with Crippen LogP contribution < -0.4 is 5.32 Å². The summed E-state index contributed by atoms with van der Waals surface area (Å²) in [5.41, 5.74) is 0. The second kappa shape index (κ2) is 9.59. The molecule has 0 saturated heterocycles. The van der Waals surface area contributed by atoms with Gasteiger partial charge in [-0.25, -0.2) is 4.57 Å². The first kappa shape index (κ1) is 14.6. The number of carbonyl (C=O) groups is 1. The smallest absolute Gasteiger partial charge is 0.356 e. The van der Waals surface area contributed by atoms with Crippen LogP contribution in [0.2, 0.25) is 0 Å². The van der Waals surface area contributed by atoms with Gasteiger partial charge in [0.25, 0.3) is 0 Å². The van der Waals surface area contributed by atoms with Crippen LogP contribution in [0.25, 0.3) is 0 Å². The summed E-state index contributed by atoms with van der Waals surface area (Å²) in [5.74, 6) is -0.0360. The highest BCUT2D eigenvalue weighted by Crippen LogP contribution is 2.42. The Hall–Kier alpha value is -0.420. The van der Waals surface area contributed by atoms with E-state index in [1.807, 2.05) is 0 Å². The first-order valence-electron chi connectivity index (χ1n) is 6.34. The lowest BCUT2D eigenvalue weighted by atomic mass is 10.2. The molecular weight excluding hydrogens is 245 g/mol. The lowest BCUT2D eigenvalue weighted by Gasteiger charge is -2.10. The summed E-state index contributed by atoms with van der Waals surface area (Å²) in [4.78, 5) is 19.7. The molecule has 0 fully saturated rings. The van der Waals surface area contributed by atoms with Crippen molar-refractivity contribution in [2.75, 3.05) is 19.8 Å². The van der Waals surface area contributed by atoms with Crippen molar-refractivity contribution in [1.82, 2.24) is 5.32 Å². The van der Waals surface area contributed by atoms with Crippen LogP contribution in [0.1, 0.15) is 40.9 Å². The molecule has 0 aromatic carbocycles. The lowest BCUT2D eigenvalue weighted by Crippen LogP contribution is -2.20. The summed E-state index contributed by atoms with van der Waals surface area (Å²) in [5, 5.41) is 2.69. The average molecular weight is 269 g/mol. The topological polar surface area (TPSA) is 84.9 Å². The Labute approximate surface area is 104 Å². The quantitative estimate of drug-likeness (QED) is 0.467. The number of hydrogen-bond donors (Lipinski definition) is 2. The predicted molar refractivity (Wildman–Crippen MR) is 64.6 cm³/mol. The Morgan fingerprint density at radius 1 is 1.35 bits per heavy atom. The van der Waals surface area contributed by atoms with Crippen molar-refractivity contribution in [2.45, 2.75) is 39.5 Å². The van der Waals surface area contributed by atoms with Gasteiger partial charge in [0.2, 0.25) is 5.91 Å². The Morgan fingerprint density at radius 2 is 2.06 bits per heavy atom. The van der Waals surface area contributed by atoms with E-state index in [1.165, 1.54) is 6.92 Å². The number of phosphoric ester groups is 1. The van der Waals surface area contributed by atoms with E-state index in [-0.39, 0.29) is 26.0 Å². The normalized spacial score (nSPS) is 15.1. The van der Waals surface area contributed by atoms with E-state index in [4.69, 9.17) is 10.8 Å². The molecule has 0 bridgehead atoms. The van der Waals surface area contributed by atoms with Crippen molar-refractivity contribution >= 4 is 13.7 Å². The van der Waals surface area contributed by atoms with Crippen molar-refractivity contribution in [1.29, 1.82) is 0 Å². The number of rotatable bonds is 10. The zero-order chi connectivity index (χ0) is 13.9. The molecular formula is C10H22NO5P. The standard InChI is InChI=1S/C10H22NO5P/c1-3-15-17(13,14)16-9-7-5-4-6-8-11-10(2)12/h3-9H2,1-2H3,(H,11,12)(H,13,14)/i1T. The third-order valence-corrected chi connectivity index (χ3v) is 2.97. The molecule has 7 heteroatoms. The Morgan fingerprint density at radius 3 is 2.71 bits per heavy atom. The zero-order valence-electron chi connectivity index (χ0n) is 11.2. The second-order valence-electron chi connectivity index (χ2n) is 3.53. The first-order valence-corrected chi connectivity index (χ1v) is 7.13. The Bertz CT molecular complexity index is 277. The van der Waals surface area contributed by atoms with Gasteiger partial charge in [-0.2, -0.15) is 0 Å². The van der Waals surface area contributed by atoms with E-state index >= 15 is 0 Å². The highest BCUT2D eigenvalue weighted by Gasteiger charge is 2.18. The monoisotopic (exact) mass is 269 g/mol. The van der Waals surface area contributed by atoms with E-state index in [0.717, 1.165) is 19.3 Å². The van der Waals surface area contributed by atoms with E-state index in [0.29, 0.717) is 13.0 Å². The number of carbonyl (C=O) groups excluding carboxylic acids is 1. The zero-order valence-corrected chi connectivity index (χ0v) is 11.1. The fourth-order valence-electron chi connectivity index (χ4n) is 1.18. The molecule has 0 radical (unpaired) electrons. The Balaban J connectivity index is 3.34. The fourth-order valence-corrected chi connectivity index (χ4v) is 1.84. The maximum atomic E-state index is 11.2. The van der Waals surface area contributed by atoms with Gasteiger partial charge in [-0.15, -0.1) is 0 Å². The van der Waals surface area contributed by atoms with Crippen LogP contribution in [0.5, 0.6) is 0 Å². The van der Waals surface area contributed by atoms with Gasteiger partial charge in [-0.3, -0.25) is 13.8 Å². The van der Waals surface area contributed by atoms with Crippen LogP contribution >= 0.6 is 7.82 Å². The second-order valence-corrected chi connectivity index (χ2v) is 4.99. The third-order valence-electron chi connectivity index (χ3n) is 1.95. The van der Waals surface area contributed by atoms with Crippen LogP contribution in [-0.2, 0) is 18.4 Å². The number of phosphoric acid groups is 1. The minimum atomic E-state index is -3.96. The molecule has 0 saturated carbocycles. The van der Waals surface area contributed by atoms with Gasteiger partial charge in [0.1, 0.15) is 0 Å². The molecule has 102 valence electrons. The number of unbranched alkanes of at least 4 members (excludes halogenated alkanes) is 3. The summed E-state index contributed by atoms with van der Waals surface area (Å²) in [6.07, 6.45) is 3.32. The number of amides is 1. The van der Waals surface area contributed by atoms with Gasteiger partial charge in [-0.05, 0) is 19.7 Å². The minimum absolute atomic E-state index is 0.0360. The van der Waals surface area contributed by atoms with Crippen molar-refractivity contribution in [3.63, 3.8) is 0 Å². The average Bonchev–Trinajstić information content (AvgIpc) is 2.29. The van der Waals surface area contributed by atoms with Gasteiger partial charge >= 0.3 is 7.82 Å². The van der Waals surface area contributed by atoms with Gasteiger partial charge in [-0.1, -0.05) is 12.8 Å². The van der Waals surface area contributed by atoms with Crippen LogP contribution in [0, 0.1) is 0 Å². The predicted octanol–water partition coefficient (Wildman–Crippen LogP) is 1.84. The molecule has 0 spiro atoms. The fraction of sp³-hybridized carbons (Fsp3) is 0.900. The molecule has 0 rings (SSSR count). The largest absolute Gasteiger partial charge is 0.472 e. The van der Waals surface area contributed by atoms with Gasteiger partial charge in [0.15, 0.2) is 0 Å². The van der Waals surface area contributed by atoms with Gasteiger partial charge in [0, 0.05) is 14.8 Å². The summed E-state index contributed by atoms with van der Waals surface area (Å²) in [6.45, 7) is 2.11. The first-order chi connectivity index (χ1) is 8.48. The van der Waals surface area contributed by atoms with Crippen molar-refractivity contribution < 1.29 is 24.7 Å². The third kappa shape index (κ3) is 11.8. The van der Waals surface area contributed by atoms with Crippen LogP contribution in [0.4, 0.5) is 0 Å². The SMILES string of the molecule is [3H]CCOP(=O)(O)OCCCCCCNC(C)=O. The number of nitrogens with one attached hydrogen (secondary N) is 1.